The van der Waals surface area contributed by atoms with Gasteiger partial charge in [0.2, 0.25) is 0 Å². The summed E-state index contributed by atoms with van der Waals surface area (Å²) in [7, 11) is 3.14. The predicted molar refractivity (Wildman–Crippen MR) is 72.9 cm³/mol. The highest BCUT2D eigenvalue weighted by molar-refractivity contribution is 5.35. The Balaban J connectivity index is 2.04. The first-order valence-electron chi connectivity index (χ1n) is 5.94. The van der Waals surface area contributed by atoms with Gasteiger partial charge in [0.15, 0.2) is 12.5 Å². The summed E-state index contributed by atoms with van der Waals surface area (Å²) < 4.78 is 10.7. The summed E-state index contributed by atoms with van der Waals surface area (Å²) in [5.41, 5.74) is 0. The molecule has 8 nitrogen and oxygen atoms in total. The van der Waals surface area contributed by atoms with Gasteiger partial charge in [0.1, 0.15) is 11.6 Å². The summed E-state index contributed by atoms with van der Waals surface area (Å²) in [5.74, 6) is 1.17. The van der Waals surface area contributed by atoms with Crippen molar-refractivity contribution in [2.75, 3.05) is 24.9 Å². The number of nitrogens with one attached hydrogen (secondary N) is 2. The maximum Gasteiger partial charge on any atom is 0.173 e. The Labute approximate surface area is 116 Å². The zero-order valence-electron chi connectivity index (χ0n) is 11.2. The molecule has 106 valence electrons. The Hall–Kier alpha value is -2.32. The average Bonchev–Trinajstić information content (AvgIpc) is 2.52. The van der Waals surface area contributed by atoms with Crippen LogP contribution in [0.5, 0.6) is 0 Å². The van der Waals surface area contributed by atoms with Crippen molar-refractivity contribution in [1.29, 1.82) is 0 Å². The van der Waals surface area contributed by atoms with Crippen LogP contribution in [0.4, 0.5) is 11.6 Å². The van der Waals surface area contributed by atoms with Crippen molar-refractivity contribution in [3.05, 3.63) is 37.2 Å². The van der Waals surface area contributed by atoms with E-state index >= 15 is 0 Å². The second-order valence-electron chi connectivity index (χ2n) is 3.78. The Bertz CT molecular complexity index is 450. The van der Waals surface area contributed by atoms with E-state index in [1.165, 1.54) is 0 Å². The first-order chi connectivity index (χ1) is 9.83. The Kier molecular flexibility index (Phi) is 5.15. The molecule has 0 saturated carbocycles. The van der Waals surface area contributed by atoms with Crippen LogP contribution in [-0.2, 0) is 9.47 Å². The maximum absolute atomic E-state index is 5.36. The molecule has 0 fully saturated rings. The zero-order chi connectivity index (χ0) is 14.2. The minimum absolute atomic E-state index is 0.473. The van der Waals surface area contributed by atoms with E-state index in [2.05, 4.69) is 30.6 Å². The van der Waals surface area contributed by atoms with Crippen molar-refractivity contribution in [3.8, 4) is 0 Å². The van der Waals surface area contributed by atoms with Crippen LogP contribution in [0.25, 0.3) is 0 Å². The molecule has 2 N–H and O–H groups in total. The normalized spacial score (nSPS) is 13.5. The second kappa shape index (κ2) is 7.31. The van der Waals surface area contributed by atoms with E-state index in [0.29, 0.717) is 11.6 Å². The van der Waals surface area contributed by atoms with Crippen LogP contribution >= 0.6 is 0 Å². The molecule has 2 unspecified atom stereocenters. The van der Waals surface area contributed by atoms with E-state index in [9.17, 15) is 0 Å². The topological polar surface area (TPSA) is 94.1 Å². The molecule has 0 aliphatic heterocycles. The van der Waals surface area contributed by atoms with Gasteiger partial charge in [0.25, 0.3) is 0 Å². The zero-order valence-corrected chi connectivity index (χ0v) is 11.2. The molecular weight excluding hydrogens is 260 g/mol. The van der Waals surface area contributed by atoms with Gasteiger partial charge in [0.05, 0.1) is 12.4 Å². The number of hydrogen-bond donors (Lipinski definition) is 2. The van der Waals surface area contributed by atoms with Gasteiger partial charge in [-0.3, -0.25) is 9.97 Å². The molecule has 2 aromatic rings. The van der Waals surface area contributed by atoms with E-state index in [0.717, 1.165) is 0 Å². The third-order valence-electron chi connectivity index (χ3n) is 2.49. The molecular formula is C12H16N6O2. The van der Waals surface area contributed by atoms with Crippen molar-refractivity contribution in [1.82, 2.24) is 19.9 Å². The van der Waals surface area contributed by atoms with E-state index in [1.807, 2.05) is 0 Å². The highest BCUT2D eigenvalue weighted by Gasteiger charge is 2.21. The number of ether oxygens (including phenoxy) is 2. The fourth-order valence-corrected chi connectivity index (χ4v) is 1.56. The molecule has 0 saturated heterocycles. The minimum atomic E-state index is -0.473. The smallest absolute Gasteiger partial charge is 0.173 e. The lowest BCUT2D eigenvalue weighted by Crippen LogP contribution is -2.42. The molecule has 0 aromatic carbocycles. The lowest BCUT2D eigenvalue weighted by Gasteiger charge is -2.26. The van der Waals surface area contributed by atoms with Crippen LogP contribution in [0.3, 0.4) is 0 Å². The van der Waals surface area contributed by atoms with Gasteiger partial charge in [-0.2, -0.15) is 0 Å². The molecule has 2 heterocycles. The van der Waals surface area contributed by atoms with Gasteiger partial charge in [0, 0.05) is 39.0 Å². The summed E-state index contributed by atoms with van der Waals surface area (Å²) in [6, 6.07) is 0. The SMILES string of the molecule is COC(Nc1cnccn1)C(Nc1cnccn1)OC. The second-order valence-corrected chi connectivity index (χ2v) is 3.78. The molecule has 0 aliphatic rings. The molecule has 2 aromatic heterocycles. The molecule has 0 bridgehead atoms. The van der Waals surface area contributed by atoms with Crippen molar-refractivity contribution < 1.29 is 9.47 Å². The number of rotatable bonds is 7. The fourth-order valence-electron chi connectivity index (χ4n) is 1.56. The molecule has 0 spiro atoms. The molecule has 0 aliphatic carbocycles. The molecule has 0 radical (unpaired) electrons. The third-order valence-corrected chi connectivity index (χ3v) is 2.49. The monoisotopic (exact) mass is 276 g/mol. The van der Waals surface area contributed by atoms with Crippen LogP contribution in [0.2, 0.25) is 0 Å². The summed E-state index contributed by atoms with van der Waals surface area (Å²) in [5, 5.41) is 6.14. The highest BCUT2D eigenvalue weighted by Crippen LogP contribution is 2.10. The molecule has 0 amide bonds. The molecule has 2 rings (SSSR count). The molecule has 20 heavy (non-hydrogen) atoms. The van der Waals surface area contributed by atoms with Crippen molar-refractivity contribution in [3.63, 3.8) is 0 Å². The lowest BCUT2D eigenvalue weighted by atomic mass is 10.4. The van der Waals surface area contributed by atoms with Gasteiger partial charge in [-0.15, -0.1) is 0 Å². The minimum Gasteiger partial charge on any atom is -0.357 e. The number of anilines is 2. The summed E-state index contributed by atoms with van der Waals surface area (Å²) in [4.78, 5) is 16.2. The van der Waals surface area contributed by atoms with Crippen LogP contribution < -0.4 is 10.6 Å². The van der Waals surface area contributed by atoms with Crippen molar-refractivity contribution >= 4 is 11.6 Å². The van der Waals surface area contributed by atoms with Crippen molar-refractivity contribution in [2.45, 2.75) is 12.5 Å². The first kappa shape index (κ1) is 14.1. The highest BCUT2D eigenvalue weighted by atomic mass is 16.5. The van der Waals surface area contributed by atoms with E-state index in [1.54, 1.807) is 51.4 Å². The number of hydrogen-bond acceptors (Lipinski definition) is 8. The Morgan fingerprint density at radius 2 is 1.25 bits per heavy atom. The number of nitrogens with zero attached hydrogens (tertiary/aromatic N) is 4. The van der Waals surface area contributed by atoms with Gasteiger partial charge in [-0.1, -0.05) is 0 Å². The standard InChI is InChI=1S/C12H16N6O2/c1-19-11(17-9-7-13-3-5-15-9)12(20-2)18-10-8-14-4-6-16-10/h3-8,11-12H,1-2H3,(H,15,17)(H,16,18). The lowest BCUT2D eigenvalue weighted by molar-refractivity contribution is -0.00612. The first-order valence-corrected chi connectivity index (χ1v) is 5.94. The Morgan fingerprint density at radius 3 is 1.55 bits per heavy atom. The number of aromatic nitrogens is 4. The van der Waals surface area contributed by atoms with E-state index in [-0.39, 0.29) is 0 Å². The summed E-state index contributed by atoms with van der Waals surface area (Å²) in [6.07, 6.45) is 8.62. The van der Waals surface area contributed by atoms with Gasteiger partial charge in [-0.25, -0.2) is 9.97 Å². The van der Waals surface area contributed by atoms with Gasteiger partial charge >= 0.3 is 0 Å². The van der Waals surface area contributed by atoms with Gasteiger partial charge in [-0.05, 0) is 0 Å². The molecule has 8 heteroatoms. The fraction of sp³-hybridized carbons (Fsp3) is 0.333. The van der Waals surface area contributed by atoms with Crippen LogP contribution in [0, 0.1) is 0 Å². The van der Waals surface area contributed by atoms with Crippen molar-refractivity contribution in [2.24, 2.45) is 0 Å². The average molecular weight is 276 g/mol. The van der Waals surface area contributed by atoms with Crippen LogP contribution in [0.1, 0.15) is 0 Å². The largest absolute Gasteiger partial charge is 0.357 e. The Morgan fingerprint density at radius 1 is 0.800 bits per heavy atom. The van der Waals surface area contributed by atoms with Crippen LogP contribution in [0.15, 0.2) is 37.2 Å². The predicted octanol–water partition coefficient (Wildman–Crippen LogP) is 0.736. The summed E-state index contributed by atoms with van der Waals surface area (Å²) >= 11 is 0. The van der Waals surface area contributed by atoms with Gasteiger partial charge < -0.3 is 20.1 Å². The van der Waals surface area contributed by atoms with E-state index in [4.69, 9.17) is 9.47 Å². The number of methoxy groups -OCH3 is 2. The van der Waals surface area contributed by atoms with E-state index < -0.39 is 12.5 Å². The maximum atomic E-state index is 5.36. The van der Waals surface area contributed by atoms with Crippen LogP contribution in [-0.4, -0.2) is 46.6 Å². The molecule has 2 atom stereocenters. The third kappa shape index (κ3) is 3.84. The summed E-state index contributed by atoms with van der Waals surface area (Å²) in [6.45, 7) is 0. The quantitative estimate of drug-likeness (QED) is 0.715.